The molecule has 3 rings (SSSR count). The van der Waals surface area contributed by atoms with Gasteiger partial charge in [-0.05, 0) is 55.2 Å². The maximum absolute atomic E-state index is 12.3. The fraction of sp³-hybridized carbons (Fsp3) is 0.158. The lowest BCUT2D eigenvalue weighted by Crippen LogP contribution is -2.19. The summed E-state index contributed by atoms with van der Waals surface area (Å²) in [5.74, 6) is -1.22. The zero-order valence-corrected chi connectivity index (χ0v) is 13.2. The maximum atomic E-state index is 12.3. The van der Waals surface area contributed by atoms with E-state index in [4.69, 9.17) is 0 Å². The topological polar surface area (TPSA) is 70.2 Å². The Balaban J connectivity index is 2.58. The number of rotatable bonds is 2. The summed E-state index contributed by atoms with van der Waals surface area (Å²) in [4.78, 5) is 26.7. The van der Waals surface area contributed by atoms with E-state index in [0.717, 1.165) is 27.6 Å². The Kier molecular flexibility index (Phi) is 3.52. The number of fused-ring (bicyclic) bond motifs is 1. The molecule has 0 atom stereocenters. The Morgan fingerprint density at radius 2 is 1.65 bits per heavy atom. The van der Waals surface area contributed by atoms with Crippen molar-refractivity contribution in [1.82, 2.24) is 4.98 Å². The number of hydrogen-bond donors (Lipinski definition) is 2. The standard InChI is InChI=1S/C19H17NO3/c1-10-6-4-5-7-13(10)16-14-8-11(2)12(3)9-15(14)20-18(21)17(16)19(22)23/h4-9H,1-3H3,(H,20,21)(H,22,23). The summed E-state index contributed by atoms with van der Waals surface area (Å²) in [5.41, 5.74) is 4.15. The highest BCUT2D eigenvalue weighted by molar-refractivity contribution is 6.06. The second kappa shape index (κ2) is 5.39. The lowest BCUT2D eigenvalue weighted by atomic mass is 9.91. The molecule has 0 amide bonds. The molecule has 4 heteroatoms. The van der Waals surface area contributed by atoms with Gasteiger partial charge in [-0.2, -0.15) is 0 Å². The highest BCUT2D eigenvalue weighted by atomic mass is 16.4. The number of aromatic nitrogens is 1. The molecule has 0 fully saturated rings. The van der Waals surface area contributed by atoms with Gasteiger partial charge >= 0.3 is 5.97 Å². The summed E-state index contributed by atoms with van der Waals surface area (Å²) < 4.78 is 0. The molecule has 0 spiro atoms. The van der Waals surface area contributed by atoms with E-state index in [0.29, 0.717) is 11.1 Å². The first-order chi connectivity index (χ1) is 10.9. The number of pyridine rings is 1. The maximum Gasteiger partial charge on any atom is 0.342 e. The van der Waals surface area contributed by atoms with Crippen LogP contribution in [0.15, 0.2) is 41.2 Å². The predicted octanol–water partition coefficient (Wildman–Crippen LogP) is 3.82. The van der Waals surface area contributed by atoms with Crippen molar-refractivity contribution >= 4 is 16.9 Å². The number of aryl methyl sites for hydroxylation is 3. The van der Waals surface area contributed by atoms with E-state index in [-0.39, 0.29) is 5.56 Å². The first kappa shape index (κ1) is 15.0. The highest BCUT2D eigenvalue weighted by Crippen LogP contribution is 2.33. The van der Waals surface area contributed by atoms with Gasteiger partial charge in [0.15, 0.2) is 0 Å². The van der Waals surface area contributed by atoms with Gasteiger partial charge in [0.2, 0.25) is 0 Å². The predicted molar refractivity (Wildman–Crippen MR) is 91.2 cm³/mol. The van der Waals surface area contributed by atoms with Gasteiger partial charge in [-0.25, -0.2) is 4.79 Å². The molecule has 0 saturated heterocycles. The molecule has 116 valence electrons. The molecule has 4 nitrogen and oxygen atoms in total. The number of carboxylic acids is 1. The van der Waals surface area contributed by atoms with Crippen LogP contribution < -0.4 is 5.56 Å². The lowest BCUT2D eigenvalue weighted by molar-refractivity contribution is 0.0696. The van der Waals surface area contributed by atoms with E-state index in [1.807, 2.05) is 57.2 Å². The van der Waals surface area contributed by atoms with E-state index < -0.39 is 11.5 Å². The van der Waals surface area contributed by atoms with Crippen LogP contribution >= 0.6 is 0 Å². The number of carboxylic acid groups (broad SMARTS) is 1. The number of carbonyl (C=O) groups is 1. The minimum absolute atomic E-state index is 0.213. The van der Waals surface area contributed by atoms with Gasteiger partial charge in [-0.1, -0.05) is 24.3 Å². The summed E-state index contributed by atoms with van der Waals surface area (Å²) in [7, 11) is 0. The van der Waals surface area contributed by atoms with Crippen LogP contribution in [-0.2, 0) is 0 Å². The minimum atomic E-state index is -1.22. The first-order valence-electron chi connectivity index (χ1n) is 7.36. The Morgan fingerprint density at radius 3 is 2.30 bits per heavy atom. The molecule has 0 aliphatic rings. The fourth-order valence-corrected chi connectivity index (χ4v) is 2.90. The molecule has 23 heavy (non-hydrogen) atoms. The second-order valence-electron chi connectivity index (χ2n) is 5.81. The normalized spacial score (nSPS) is 10.9. The van der Waals surface area contributed by atoms with Gasteiger partial charge < -0.3 is 10.1 Å². The van der Waals surface area contributed by atoms with E-state index in [2.05, 4.69) is 4.98 Å². The Morgan fingerprint density at radius 1 is 1.00 bits per heavy atom. The third-order valence-electron chi connectivity index (χ3n) is 4.26. The summed E-state index contributed by atoms with van der Waals surface area (Å²) in [5, 5.41) is 10.3. The van der Waals surface area contributed by atoms with Crippen LogP contribution in [0.4, 0.5) is 0 Å². The van der Waals surface area contributed by atoms with Crippen molar-refractivity contribution < 1.29 is 9.90 Å². The first-order valence-corrected chi connectivity index (χ1v) is 7.36. The van der Waals surface area contributed by atoms with Gasteiger partial charge in [-0.15, -0.1) is 0 Å². The smallest absolute Gasteiger partial charge is 0.342 e. The highest BCUT2D eigenvalue weighted by Gasteiger charge is 2.21. The van der Waals surface area contributed by atoms with Crippen molar-refractivity contribution in [2.75, 3.05) is 0 Å². The molecule has 0 unspecified atom stereocenters. The molecule has 0 bridgehead atoms. The van der Waals surface area contributed by atoms with Crippen LogP contribution in [0, 0.1) is 20.8 Å². The van der Waals surface area contributed by atoms with Gasteiger partial charge in [-0.3, -0.25) is 4.79 Å². The molecule has 3 aromatic rings. The molecule has 0 aliphatic heterocycles. The summed E-state index contributed by atoms with van der Waals surface area (Å²) >= 11 is 0. The Hall–Kier alpha value is -2.88. The molecule has 0 radical (unpaired) electrons. The monoisotopic (exact) mass is 307 g/mol. The summed E-state index contributed by atoms with van der Waals surface area (Å²) in [6.45, 7) is 5.85. The second-order valence-corrected chi connectivity index (χ2v) is 5.81. The minimum Gasteiger partial charge on any atom is -0.477 e. The third-order valence-corrected chi connectivity index (χ3v) is 4.26. The van der Waals surface area contributed by atoms with Crippen molar-refractivity contribution in [1.29, 1.82) is 0 Å². The van der Waals surface area contributed by atoms with E-state index in [1.165, 1.54) is 0 Å². The van der Waals surface area contributed by atoms with E-state index in [1.54, 1.807) is 0 Å². The Labute approximate surface area is 133 Å². The summed E-state index contributed by atoms with van der Waals surface area (Å²) in [6, 6.07) is 11.3. The molecule has 0 saturated carbocycles. The molecule has 0 aliphatic carbocycles. The molecule has 1 aromatic heterocycles. The van der Waals surface area contributed by atoms with Gasteiger partial charge in [0.25, 0.3) is 5.56 Å². The van der Waals surface area contributed by atoms with E-state index >= 15 is 0 Å². The molecular weight excluding hydrogens is 290 g/mol. The van der Waals surface area contributed by atoms with Crippen molar-refractivity contribution in [3.8, 4) is 11.1 Å². The number of hydrogen-bond acceptors (Lipinski definition) is 2. The van der Waals surface area contributed by atoms with Crippen LogP contribution in [0.2, 0.25) is 0 Å². The van der Waals surface area contributed by atoms with Crippen LogP contribution in [0.5, 0.6) is 0 Å². The summed E-state index contributed by atoms with van der Waals surface area (Å²) in [6.07, 6.45) is 0. The number of aromatic amines is 1. The zero-order chi connectivity index (χ0) is 16.7. The van der Waals surface area contributed by atoms with Gasteiger partial charge in [0, 0.05) is 16.5 Å². The third kappa shape index (κ3) is 2.42. The molecule has 1 heterocycles. The Bertz CT molecular complexity index is 999. The van der Waals surface area contributed by atoms with Crippen LogP contribution in [0.25, 0.3) is 22.0 Å². The number of aromatic carboxylic acids is 1. The average Bonchev–Trinajstić information content (AvgIpc) is 2.48. The van der Waals surface area contributed by atoms with Gasteiger partial charge in [0.1, 0.15) is 5.56 Å². The van der Waals surface area contributed by atoms with Crippen molar-refractivity contribution in [2.24, 2.45) is 0 Å². The molecule has 2 aromatic carbocycles. The quantitative estimate of drug-likeness (QED) is 0.756. The molecule has 2 N–H and O–H groups in total. The van der Waals surface area contributed by atoms with Crippen molar-refractivity contribution in [3.05, 3.63) is 69.0 Å². The fourth-order valence-electron chi connectivity index (χ4n) is 2.90. The van der Waals surface area contributed by atoms with Gasteiger partial charge in [0.05, 0.1) is 0 Å². The number of benzene rings is 2. The molecular formula is C19H17NO3. The average molecular weight is 307 g/mol. The zero-order valence-electron chi connectivity index (χ0n) is 13.2. The number of H-pyrrole nitrogens is 1. The number of nitrogens with one attached hydrogen (secondary N) is 1. The van der Waals surface area contributed by atoms with Crippen LogP contribution in [-0.4, -0.2) is 16.1 Å². The van der Waals surface area contributed by atoms with Crippen molar-refractivity contribution in [2.45, 2.75) is 20.8 Å². The van der Waals surface area contributed by atoms with Crippen LogP contribution in [0.1, 0.15) is 27.0 Å². The largest absolute Gasteiger partial charge is 0.477 e. The van der Waals surface area contributed by atoms with Crippen LogP contribution in [0.3, 0.4) is 0 Å². The van der Waals surface area contributed by atoms with E-state index in [9.17, 15) is 14.7 Å². The van der Waals surface area contributed by atoms with Crippen molar-refractivity contribution in [3.63, 3.8) is 0 Å². The lowest BCUT2D eigenvalue weighted by Gasteiger charge is -2.14. The SMILES string of the molecule is Cc1cc2[nH]c(=O)c(C(=O)O)c(-c3ccccc3C)c2cc1C.